The van der Waals surface area contributed by atoms with Crippen molar-refractivity contribution in [3.8, 4) is 0 Å². The molecule has 0 bridgehead atoms. The molecule has 17 heavy (non-hydrogen) atoms. The largest absolute Gasteiger partial charge is 0.452 e. The minimum Gasteiger partial charge on any atom is -0.452 e. The Balaban J connectivity index is 2.68. The Morgan fingerprint density at radius 3 is 2.76 bits per heavy atom. The highest BCUT2D eigenvalue weighted by molar-refractivity contribution is 6.34. The Morgan fingerprint density at radius 1 is 1.47 bits per heavy atom. The Labute approximate surface area is 104 Å². The van der Waals surface area contributed by atoms with E-state index >= 15 is 0 Å². The van der Waals surface area contributed by atoms with Crippen LogP contribution in [0.15, 0.2) is 18.2 Å². The lowest BCUT2D eigenvalue weighted by Gasteiger charge is -2.08. The Morgan fingerprint density at radius 2 is 2.18 bits per heavy atom. The van der Waals surface area contributed by atoms with Gasteiger partial charge in [-0.05, 0) is 19.1 Å². The molecule has 0 saturated carbocycles. The molecular formula is C11H13ClN2O3. The van der Waals surface area contributed by atoms with Crippen molar-refractivity contribution < 1.29 is 14.3 Å². The van der Waals surface area contributed by atoms with Gasteiger partial charge in [0.15, 0.2) is 6.61 Å². The molecule has 6 heteroatoms. The van der Waals surface area contributed by atoms with E-state index in [0.29, 0.717) is 6.54 Å². The van der Waals surface area contributed by atoms with Crippen LogP contribution in [0.2, 0.25) is 5.02 Å². The van der Waals surface area contributed by atoms with E-state index in [4.69, 9.17) is 22.1 Å². The number of nitrogen functional groups attached to an aromatic ring is 1. The first kappa shape index (κ1) is 13.3. The Kier molecular flexibility index (Phi) is 4.78. The second kappa shape index (κ2) is 6.10. The molecule has 0 aliphatic heterocycles. The fourth-order valence-electron chi connectivity index (χ4n) is 1.21. The molecule has 1 aromatic rings. The second-order valence-corrected chi connectivity index (χ2v) is 3.64. The van der Waals surface area contributed by atoms with Crippen molar-refractivity contribution in [2.24, 2.45) is 0 Å². The van der Waals surface area contributed by atoms with E-state index in [2.05, 4.69) is 5.32 Å². The fourth-order valence-corrected chi connectivity index (χ4v) is 1.47. The number of hydrogen-bond acceptors (Lipinski definition) is 4. The summed E-state index contributed by atoms with van der Waals surface area (Å²) in [7, 11) is 0. The van der Waals surface area contributed by atoms with Gasteiger partial charge in [-0.2, -0.15) is 0 Å². The maximum absolute atomic E-state index is 11.6. The van der Waals surface area contributed by atoms with Gasteiger partial charge in [0.2, 0.25) is 0 Å². The Hall–Kier alpha value is -1.75. The van der Waals surface area contributed by atoms with Gasteiger partial charge in [0.1, 0.15) is 5.56 Å². The van der Waals surface area contributed by atoms with Crippen molar-refractivity contribution in [1.82, 2.24) is 5.32 Å². The van der Waals surface area contributed by atoms with E-state index in [9.17, 15) is 9.59 Å². The minimum absolute atomic E-state index is 0.0819. The van der Waals surface area contributed by atoms with Gasteiger partial charge in [-0.1, -0.05) is 17.7 Å². The summed E-state index contributed by atoms with van der Waals surface area (Å²) in [5.74, 6) is -1.08. The number of rotatable bonds is 4. The van der Waals surface area contributed by atoms with Crippen molar-refractivity contribution in [3.05, 3.63) is 28.8 Å². The number of carbonyl (C=O) groups is 2. The molecule has 1 aromatic carbocycles. The second-order valence-electron chi connectivity index (χ2n) is 3.23. The summed E-state index contributed by atoms with van der Waals surface area (Å²) in [5, 5.41) is 2.70. The lowest BCUT2D eigenvalue weighted by atomic mass is 10.2. The average Bonchev–Trinajstić information content (AvgIpc) is 2.26. The molecule has 5 nitrogen and oxygen atoms in total. The molecule has 0 unspecified atom stereocenters. The summed E-state index contributed by atoms with van der Waals surface area (Å²) in [5.41, 5.74) is 5.90. The first-order chi connectivity index (χ1) is 8.06. The predicted octanol–water partition coefficient (Wildman–Crippen LogP) is 1.22. The number of nitrogens with one attached hydrogen (secondary N) is 1. The van der Waals surface area contributed by atoms with Gasteiger partial charge in [-0.3, -0.25) is 4.79 Å². The molecule has 92 valence electrons. The monoisotopic (exact) mass is 256 g/mol. The summed E-state index contributed by atoms with van der Waals surface area (Å²) in [6.07, 6.45) is 0. The molecular weight excluding hydrogens is 244 g/mol. The maximum Gasteiger partial charge on any atom is 0.342 e. The van der Waals surface area contributed by atoms with E-state index in [1.807, 2.05) is 0 Å². The number of likely N-dealkylation sites (N-methyl/N-ethyl adjacent to an activating group) is 1. The molecule has 0 saturated heterocycles. The van der Waals surface area contributed by atoms with Crippen LogP contribution in [-0.4, -0.2) is 25.0 Å². The summed E-state index contributed by atoms with van der Waals surface area (Å²) in [6, 6.07) is 4.69. The van der Waals surface area contributed by atoms with Crippen LogP contribution in [-0.2, 0) is 9.53 Å². The number of esters is 1. The van der Waals surface area contributed by atoms with Gasteiger partial charge >= 0.3 is 5.97 Å². The minimum atomic E-state index is -0.709. The topological polar surface area (TPSA) is 81.4 Å². The SMILES string of the molecule is CCNC(=O)COC(=O)c1c(N)cccc1Cl. The first-order valence-corrected chi connectivity index (χ1v) is 5.41. The van der Waals surface area contributed by atoms with Gasteiger partial charge in [0.25, 0.3) is 5.91 Å². The number of halogens is 1. The zero-order valence-electron chi connectivity index (χ0n) is 9.33. The van der Waals surface area contributed by atoms with E-state index < -0.39 is 5.97 Å². The van der Waals surface area contributed by atoms with Gasteiger partial charge in [0.05, 0.1) is 5.02 Å². The van der Waals surface area contributed by atoms with Crippen LogP contribution in [0.5, 0.6) is 0 Å². The van der Waals surface area contributed by atoms with Crippen molar-refractivity contribution >= 4 is 29.2 Å². The van der Waals surface area contributed by atoms with Crippen LogP contribution in [0, 0.1) is 0 Å². The van der Waals surface area contributed by atoms with Crippen LogP contribution >= 0.6 is 11.6 Å². The highest BCUT2D eigenvalue weighted by Crippen LogP contribution is 2.22. The fraction of sp³-hybridized carbons (Fsp3) is 0.273. The third-order valence-electron chi connectivity index (χ3n) is 1.96. The zero-order chi connectivity index (χ0) is 12.8. The summed E-state index contributed by atoms with van der Waals surface area (Å²) in [6.45, 7) is 1.90. The molecule has 0 aromatic heterocycles. The molecule has 0 spiro atoms. The van der Waals surface area contributed by atoms with E-state index in [1.165, 1.54) is 12.1 Å². The summed E-state index contributed by atoms with van der Waals surface area (Å²) < 4.78 is 4.79. The smallest absolute Gasteiger partial charge is 0.342 e. The van der Waals surface area contributed by atoms with Crippen molar-refractivity contribution in [2.45, 2.75) is 6.92 Å². The molecule has 3 N–H and O–H groups in total. The van der Waals surface area contributed by atoms with Crippen molar-refractivity contribution in [2.75, 3.05) is 18.9 Å². The average molecular weight is 257 g/mol. The molecule has 0 heterocycles. The van der Waals surface area contributed by atoms with Crippen LogP contribution in [0.25, 0.3) is 0 Å². The predicted molar refractivity (Wildman–Crippen MR) is 64.8 cm³/mol. The third kappa shape index (κ3) is 3.64. The van der Waals surface area contributed by atoms with E-state index in [-0.39, 0.29) is 28.8 Å². The molecule has 1 amide bonds. The standard InChI is InChI=1S/C11H13ClN2O3/c1-2-14-9(15)6-17-11(16)10-7(12)4-3-5-8(10)13/h3-5H,2,6,13H2,1H3,(H,14,15). The normalized spacial score (nSPS) is 9.76. The highest BCUT2D eigenvalue weighted by atomic mass is 35.5. The number of amides is 1. The highest BCUT2D eigenvalue weighted by Gasteiger charge is 2.16. The molecule has 0 aliphatic rings. The van der Waals surface area contributed by atoms with Gasteiger partial charge < -0.3 is 15.8 Å². The number of carbonyl (C=O) groups excluding carboxylic acids is 2. The maximum atomic E-state index is 11.6. The van der Waals surface area contributed by atoms with E-state index in [0.717, 1.165) is 0 Å². The molecule has 0 fully saturated rings. The van der Waals surface area contributed by atoms with Crippen LogP contribution in [0.3, 0.4) is 0 Å². The lowest BCUT2D eigenvalue weighted by Crippen LogP contribution is -2.28. The number of benzene rings is 1. The summed E-state index contributed by atoms with van der Waals surface area (Å²) >= 11 is 5.82. The van der Waals surface area contributed by atoms with Crippen molar-refractivity contribution in [3.63, 3.8) is 0 Å². The van der Waals surface area contributed by atoms with Crippen LogP contribution in [0.1, 0.15) is 17.3 Å². The molecule has 0 aliphatic carbocycles. The van der Waals surface area contributed by atoms with Gasteiger partial charge in [0, 0.05) is 12.2 Å². The first-order valence-electron chi connectivity index (χ1n) is 5.04. The summed E-state index contributed by atoms with van der Waals surface area (Å²) in [4.78, 5) is 22.7. The molecule has 0 radical (unpaired) electrons. The number of ether oxygens (including phenoxy) is 1. The molecule has 0 atom stereocenters. The number of anilines is 1. The van der Waals surface area contributed by atoms with Crippen LogP contribution < -0.4 is 11.1 Å². The van der Waals surface area contributed by atoms with Gasteiger partial charge in [-0.25, -0.2) is 4.79 Å². The Bertz CT molecular complexity index is 414. The number of nitrogens with two attached hydrogens (primary N) is 1. The lowest BCUT2D eigenvalue weighted by molar-refractivity contribution is -0.124. The number of hydrogen-bond donors (Lipinski definition) is 2. The van der Waals surface area contributed by atoms with Crippen LogP contribution in [0.4, 0.5) is 5.69 Å². The third-order valence-corrected chi connectivity index (χ3v) is 2.27. The quantitative estimate of drug-likeness (QED) is 0.627. The molecule has 1 rings (SSSR count). The van der Waals surface area contributed by atoms with Crippen molar-refractivity contribution in [1.29, 1.82) is 0 Å². The van der Waals surface area contributed by atoms with Gasteiger partial charge in [-0.15, -0.1) is 0 Å². The van der Waals surface area contributed by atoms with E-state index in [1.54, 1.807) is 13.0 Å². The zero-order valence-corrected chi connectivity index (χ0v) is 10.1.